The van der Waals surface area contributed by atoms with Gasteiger partial charge >= 0.3 is 0 Å². The van der Waals surface area contributed by atoms with E-state index in [0.29, 0.717) is 48.8 Å². The topological polar surface area (TPSA) is 217 Å². The molecule has 2 atom stereocenters. The van der Waals surface area contributed by atoms with Crippen LogP contribution in [-0.4, -0.2) is 220 Å². The lowest BCUT2D eigenvalue weighted by Crippen LogP contribution is -2.33. The molecule has 0 radical (unpaired) electrons. The summed E-state index contributed by atoms with van der Waals surface area (Å²) in [7, 11) is 20.7. The molecule has 85 heavy (non-hydrogen) atoms. The molecule has 0 aromatic rings. The van der Waals surface area contributed by atoms with E-state index >= 15 is 0 Å². The summed E-state index contributed by atoms with van der Waals surface area (Å²) >= 11 is 7.89. The van der Waals surface area contributed by atoms with Gasteiger partial charge < -0.3 is 62.1 Å². The molecule has 0 heterocycles. The number of likely N-dealkylation sites (N-methyl/N-ethyl adjacent to an activating group) is 11. The fourth-order valence-corrected chi connectivity index (χ4v) is 7.68. The van der Waals surface area contributed by atoms with Gasteiger partial charge in [-0.25, -0.2) is 0 Å². The number of nitrogens with two attached hydrogens (primary N) is 1. The van der Waals surface area contributed by atoms with Gasteiger partial charge in [0.05, 0.1) is 6.04 Å². The molecule has 4 amide bonds. The maximum absolute atomic E-state index is 11.9. The van der Waals surface area contributed by atoms with Gasteiger partial charge in [0, 0.05) is 159 Å². The number of amides is 4. The number of nitrogens with one attached hydrogen (secondary N) is 6. The molecular weight excluding hydrogens is 1110 g/mol. The molecule has 2 unspecified atom stereocenters. The number of nitrogens with zero attached hydrogens (tertiary/aromatic N) is 5. The van der Waals surface area contributed by atoms with Gasteiger partial charge in [0.2, 0.25) is 23.6 Å². The van der Waals surface area contributed by atoms with Crippen LogP contribution in [0.5, 0.6) is 0 Å². The van der Waals surface area contributed by atoms with Crippen LogP contribution in [0.2, 0.25) is 0 Å². The van der Waals surface area contributed by atoms with E-state index in [4.69, 9.17) is 5.73 Å². The van der Waals surface area contributed by atoms with Crippen LogP contribution in [-0.2, 0) is 28.8 Å². The van der Waals surface area contributed by atoms with Crippen LogP contribution >= 0.6 is 25.3 Å². The van der Waals surface area contributed by atoms with E-state index in [-0.39, 0.29) is 51.2 Å². The van der Waals surface area contributed by atoms with Gasteiger partial charge in [-0.05, 0) is 94.0 Å². The summed E-state index contributed by atoms with van der Waals surface area (Å²) in [5.41, 5.74) is 7.13. The summed E-state index contributed by atoms with van der Waals surface area (Å²) in [6, 6.07) is -0.0710. The van der Waals surface area contributed by atoms with Crippen molar-refractivity contribution in [1.29, 1.82) is 0 Å². The van der Waals surface area contributed by atoms with Crippen LogP contribution < -0.4 is 37.6 Å². The minimum absolute atomic E-state index is 0. The number of hydrogen-bond acceptors (Lipinski definition) is 16. The lowest BCUT2D eigenvalue weighted by molar-refractivity contribution is -0.130. The highest BCUT2D eigenvalue weighted by atomic mass is 32.1. The van der Waals surface area contributed by atoms with Gasteiger partial charge in [-0.2, -0.15) is 25.3 Å². The van der Waals surface area contributed by atoms with E-state index in [0.717, 1.165) is 97.6 Å². The Bertz CT molecular complexity index is 1560. The smallest absolute Gasteiger partial charge is 0.222 e. The van der Waals surface area contributed by atoms with Gasteiger partial charge in [-0.15, -0.1) is 0 Å². The highest BCUT2D eigenvalue weighted by molar-refractivity contribution is 7.80. The molecule has 522 valence electrons. The Kier molecular flexibility index (Phi) is 84.2. The molecule has 0 aliphatic heterocycles. The van der Waals surface area contributed by atoms with Crippen molar-refractivity contribution >= 4 is 60.5 Å². The number of rotatable bonds is 45. The van der Waals surface area contributed by atoms with Crippen molar-refractivity contribution in [3.05, 3.63) is 24.6 Å². The van der Waals surface area contributed by atoms with Crippen LogP contribution in [0.4, 0.5) is 0 Å². The first-order valence-electron chi connectivity index (χ1n) is 32.3. The zero-order chi connectivity index (χ0) is 66.7. The molecule has 0 fully saturated rings. The second-order valence-corrected chi connectivity index (χ2v) is 22.5. The molecule has 8 N–H and O–H groups in total. The number of allylic oxidation sites excluding steroid dienone is 2. The van der Waals surface area contributed by atoms with Crippen molar-refractivity contribution in [2.45, 2.75) is 202 Å². The van der Waals surface area contributed by atoms with Crippen LogP contribution in [0.3, 0.4) is 0 Å². The quantitative estimate of drug-likeness (QED) is 0.0205. The van der Waals surface area contributed by atoms with Crippen molar-refractivity contribution in [2.75, 3.05) is 154 Å². The Morgan fingerprint density at radius 1 is 0.424 bits per heavy atom. The highest BCUT2D eigenvalue weighted by Crippen LogP contribution is 2.14. The first-order valence-corrected chi connectivity index (χ1v) is 33.5. The molecule has 18 nitrogen and oxygen atoms in total. The summed E-state index contributed by atoms with van der Waals surface area (Å²) in [6.45, 7) is 29.5. The molecule has 0 saturated carbocycles. The van der Waals surface area contributed by atoms with Crippen molar-refractivity contribution in [3.63, 3.8) is 0 Å². The Morgan fingerprint density at radius 2 is 0.718 bits per heavy atom. The monoisotopic (exact) mass is 1270 g/mol. The van der Waals surface area contributed by atoms with Crippen LogP contribution in [0, 0.1) is 5.92 Å². The third-order valence-electron chi connectivity index (χ3n) is 13.7. The summed E-state index contributed by atoms with van der Waals surface area (Å²) in [5, 5.41) is 18.0. The van der Waals surface area contributed by atoms with E-state index in [2.05, 4.69) is 96.1 Å². The molecular formula is C65H154N12O6S2. The molecule has 0 saturated heterocycles. The standard InChI is InChI=1S/C22H46N2O.C9H19N3O.2C8H18N2O.C8H18N2.C5H11NOS.C5H10OS.7H2/c1-4-5-6-7-8-9-10-11-12-13-14-15-16-17-18-19-22(25)24(3)21-20-23-2;1-8(10)4-5-9(13)12(3)7-6-11-2;2*1-4-5-8(11)10(3)7-6-9-2;1-5-8(2)10(4)7-6-9-3;1-4(7)5(3-8)6-2;1-4(3-7)5(2)6;;;;;;;/h23H,4-21H2,1-3H3;11H,1,4-7,10H2,2-3H3;2*9H,4-7H2,1-3H3;9H,2,5-7H2,1,3-4H3;5-6,8H,3H2,1-2H3;4,7H,3H2,1-2H3;7*1H/i;;;;;;;7*1+1. The average Bonchev–Trinajstić information content (AvgIpc) is 3.48. The number of Topliss-reactive ketones (excluding diaryl/α,β-unsaturated/α-hetero) is 2. The Hall–Kier alpha value is -3.24. The molecule has 0 bridgehead atoms. The largest absolute Gasteiger partial charge is 0.403 e. The molecule has 0 rings (SSSR count). The number of hydrogen-bond donors (Lipinski definition) is 9. The van der Waals surface area contributed by atoms with Gasteiger partial charge in [-0.3, -0.25) is 28.8 Å². The predicted octanol–water partition coefficient (Wildman–Crippen LogP) is 10.8. The average molecular weight is 1270 g/mol. The number of carbonyl (C=O) groups excluding carboxylic acids is 6. The minimum Gasteiger partial charge on any atom is -0.403 e. The Balaban J connectivity index is -0.0000000663. The normalized spacial score (nSPS) is 10.7. The number of ketones is 2. The van der Waals surface area contributed by atoms with Crippen LogP contribution in [0.25, 0.3) is 0 Å². The summed E-state index contributed by atoms with van der Waals surface area (Å²) < 4.78 is 0. The molecule has 0 aromatic heterocycles. The third kappa shape index (κ3) is 76.8. The summed E-state index contributed by atoms with van der Waals surface area (Å²) in [6.07, 6.45) is 26.5. The number of unbranched alkanes of at least 4 members (excludes halogenated alkanes) is 14. The van der Waals surface area contributed by atoms with Crippen molar-refractivity contribution in [2.24, 2.45) is 11.7 Å². The van der Waals surface area contributed by atoms with Crippen molar-refractivity contribution in [3.8, 4) is 0 Å². The second kappa shape index (κ2) is 75.0. The molecule has 0 aliphatic rings. The first kappa shape index (κ1) is 95.4. The van der Waals surface area contributed by atoms with Crippen LogP contribution in [0.1, 0.15) is 206 Å². The Labute approximate surface area is 546 Å². The maximum atomic E-state index is 11.9. The Morgan fingerprint density at radius 3 is 0.929 bits per heavy atom. The fraction of sp³-hybridized carbons (Fsp3) is 0.846. The molecule has 0 aromatic carbocycles. The molecule has 0 aliphatic carbocycles. The lowest BCUT2D eigenvalue weighted by atomic mass is 10.0. The van der Waals surface area contributed by atoms with Gasteiger partial charge in [0.1, 0.15) is 11.6 Å². The SMILES string of the molecule is C=C(CC)N(C)CCNC.C=C(N)CCC(=O)N(C)CCNC.CC(=O)C(C)CS.CCCC(=O)N(C)CCNC.CCCC(=O)N(C)CCNC.CCCCCCCCCCCCCCCCCC(=O)N(C)CCNC.CNC(CS)C(C)=O.[2HH].[2HH].[2HH].[2HH].[2HH].[2HH].[2HH]. The van der Waals surface area contributed by atoms with E-state index in [1.54, 1.807) is 42.6 Å². The second-order valence-electron chi connectivity index (χ2n) is 21.8. The van der Waals surface area contributed by atoms with Gasteiger partial charge in [0.25, 0.3) is 0 Å². The van der Waals surface area contributed by atoms with E-state index < -0.39 is 0 Å². The zero-order valence-electron chi connectivity index (χ0n) is 58.5. The zero-order valence-corrected chi connectivity index (χ0v) is 60.3. The third-order valence-corrected chi connectivity index (χ3v) is 14.6. The van der Waals surface area contributed by atoms with Gasteiger partial charge in [-0.1, -0.05) is 138 Å². The van der Waals surface area contributed by atoms with E-state index in [9.17, 15) is 28.8 Å². The van der Waals surface area contributed by atoms with Crippen LogP contribution in [0.15, 0.2) is 24.6 Å². The molecule has 20 heteroatoms. The number of carbonyl (C=O) groups is 6. The first-order chi connectivity index (χ1) is 40.3. The van der Waals surface area contributed by atoms with E-state index in [1.165, 1.54) is 95.6 Å². The lowest BCUT2D eigenvalue weighted by Gasteiger charge is -2.19. The molecule has 0 spiro atoms. The van der Waals surface area contributed by atoms with Crippen molar-refractivity contribution in [1.82, 2.24) is 56.4 Å². The summed E-state index contributed by atoms with van der Waals surface area (Å²) in [4.78, 5) is 75.6. The fourth-order valence-electron chi connectivity index (χ4n) is 6.98. The summed E-state index contributed by atoms with van der Waals surface area (Å²) in [5.74, 6) is 2.61. The number of thiol groups is 2. The predicted molar refractivity (Wildman–Crippen MR) is 390 cm³/mol. The van der Waals surface area contributed by atoms with Gasteiger partial charge in [0.15, 0.2) is 0 Å². The minimum atomic E-state index is -0.0710. The van der Waals surface area contributed by atoms with E-state index in [1.807, 2.05) is 82.1 Å². The maximum Gasteiger partial charge on any atom is 0.222 e. The highest BCUT2D eigenvalue weighted by Gasteiger charge is 2.10. The van der Waals surface area contributed by atoms with Crippen molar-refractivity contribution < 1.29 is 38.8 Å².